The molecule has 1 aliphatic rings. The number of ether oxygens (including phenoxy) is 1. The summed E-state index contributed by atoms with van der Waals surface area (Å²) in [5, 5.41) is 2.79. The summed E-state index contributed by atoms with van der Waals surface area (Å²) in [4.78, 5) is 14.5. The average Bonchev–Trinajstić information content (AvgIpc) is 2.98. The fourth-order valence-corrected chi connectivity index (χ4v) is 3.00. The molecule has 0 radical (unpaired) electrons. The predicted molar refractivity (Wildman–Crippen MR) is 73.7 cm³/mol. The summed E-state index contributed by atoms with van der Waals surface area (Å²) >= 11 is 0. The number of methoxy groups -OCH3 is 1. The van der Waals surface area contributed by atoms with Crippen molar-refractivity contribution in [2.45, 2.75) is 24.9 Å². The minimum absolute atomic E-state index is 0.0581. The third-order valence-corrected chi connectivity index (χ3v) is 3.92. The van der Waals surface area contributed by atoms with Crippen LogP contribution in [0.15, 0.2) is 18.5 Å². The van der Waals surface area contributed by atoms with Gasteiger partial charge in [-0.1, -0.05) is 0 Å². The molecule has 1 atom stereocenters. The van der Waals surface area contributed by atoms with Gasteiger partial charge in [-0.2, -0.15) is 0 Å². The molecule has 2 rings (SSSR count). The molecule has 2 heterocycles. The van der Waals surface area contributed by atoms with E-state index in [1.54, 1.807) is 14.2 Å². The molecule has 19 heavy (non-hydrogen) atoms. The predicted octanol–water partition coefficient (Wildman–Crippen LogP) is 0.752. The van der Waals surface area contributed by atoms with E-state index < -0.39 is 5.54 Å². The van der Waals surface area contributed by atoms with Gasteiger partial charge >= 0.3 is 0 Å². The van der Waals surface area contributed by atoms with E-state index in [4.69, 9.17) is 4.74 Å². The second kappa shape index (κ2) is 5.75. The lowest BCUT2D eigenvalue weighted by Gasteiger charge is -2.36. The Morgan fingerprint density at radius 1 is 1.58 bits per heavy atom. The molecule has 106 valence electrons. The minimum Gasteiger partial charge on any atom is -0.382 e. The van der Waals surface area contributed by atoms with Gasteiger partial charge in [0.15, 0.2) is 0 Å². The summed E-state index contributed by atoms with van der Waals surface area (Å²) in [5.41, 5.74) is 0.716. The number of aromatic nitrogens is 1. The van der Waals surface area contributed by atoms with Crippen LogP contribution in [0.3, 0.4) is 0 Å². The number of carbonyl (C=O) groups excluding carboxylic acids is 1. The van der Waals surface area contributed by atoms with E-state index in [9.17, 15) is 4.79 Å². The Bertz CT molecular complexity index is 444. The maximum Gasteiger partial charge on any atom is 0.242 e. The maximum atomic E-state index is 12.3. The van der Waals surface area contributed by atoms with Crippen molar-refractivity contribution in [2.75, 3.05) is 27.3 Å². The van der Waals surface area contributed by atoms with Gasteiger partial charge in [-0.25, -0.2) is 0 Å². The van der Waals surface area contributed by atoms with Crippen molar-refractivity contribution in [3.8, 4) is 0 Å². The number of carbonyl (C=O) groups is 1. The highest BCUT2D eigenvalue weighted by molar-refractivity contribution is 5.86. The van der Waals surface area contributed by atoms with Gasteiger partial charge < -0.3 is 14.6 Å². The summed E-state index contributed by atoms with van der Waals surface area (Å²) in [5.74, 6) is 0.0581. The molecule has 0 bridgehead atoms. The van der Waals surface area contributed by atoms with E-state index >= 15 is 0 Å². The number of amides is 1. The molecular weight excluding hydrogens is 242 g/mol. The van der Waals surface area contributed by atoms with Crippen LogP contribution in [-0.4, -0.2) is 48.2 Å². The molecule has 0 aromatic carbocycles. The number of rotatable bonds is 5. The lowest BCUT2D eigenvalue weighted by Crippen LogP contribution is -2.57. The molecule has 1 unspecified atom stereocenters. The highest BCUT2D eigenvalue weighted by Gasteiger charge is 2.46. The highest BCUT2D eigenvalue weighted by atomic mass is 16.5. The SMILES string of the molecule is CNC(=O)C1(COC)CCCN1Cc1ccn(C)c1. The molecule has 1 aromatic rings. The van der Waals surface area contributed by atoms with Gasteiger partial charge in [0.2, 0.25) is 5.91 Å². The number of aryl methyl sites for hydroxylation is 1. The van der Waals surface area contributed by atoms with Crippen LogP contribution in [0.4, 0.5) is 0 Å². The molecule has 1 aliphatic heterocycles. The van der Waals surface area contributed by atoms with Crippen molar-refractivity contribution < 1.29 is 9.53 Å². The normalized spacial score (nSPS) is 23.7. The van der Waals surface area contributed by atoms with Crippen molar-refractivity contribution in [3.05, 3.63) is 24.0 Å². The standard InChI is InChI=1S/C14H23N3O2/c1-15-13(18)14(11-19-3)6-4-7-17(14)10-12-5-8-16(2)9-12/h5,8-9H,4,6-7,10-11H2,1-3H3,(H,15,18). The second-order valence-corrected chi connectivity index (χ2v) is 5.25. The van der Waals surface area contributed by atoms with Gasteiger partial charge in [-0.3, -0.25) is 9.69 Å². The minimum atomic E-state index is -0.515. The van der Waals surface area contributed by atoms with Crippen molar-refractivity contribution in [2.24, 2.45) is 7.05 Å². The van der Waals surface area contributed by atoms with Gasteiger partial charge in [-0.05, 0) is 31.0 Å². The van der Waals surface area contributed by atoms with E-state index in [1.807, 2.05) is 17.8 Å². The van der Waals surface area contributed by atoms with E-state index in [1.165, 1.54) is 5.56 Å². The summed E-state index contributed by atoms with van der Waals surface area (Å²) < 4.78 is 7.35. The molecular formula is C14H23N3O2. The largest absolute Gasteiger partial charge is 0.382 e. The van der Waals surface area contributed by atoms with Crippen molar-refractivity contribution >= 4 is 5.91 Å². The smallest absolute Gasteiger partial charge is 0.242 e. The molecule has 5 nitrogen and oxygen atoms in total. The van der Waals surface area contributed by atoms with Gasteiger partial charge in [0.1, 0.15) is 5.54 Å². The Hall–Kier alpha value is -1.33. The molecule has 0 spiro atoms. The lowest BCUT2D eigenvalue weighted by atomic mass is 9.95. The Balaban J connectivity index is 2.19. The van der Waals surface area contributed by atoms with E-state index in [0.29, 0.717) is 6.61 Å². The fraction of sp³-hybridized carbons (Fsp3) is 0.643. The highest BCUT2D eigenvalue weighted by Crippen LogP contribution is 2.31. The Morgan fingerprint density at radius 3 is 2.95 bits per heavy atom. The van der Waals surface area contributed by atoms with Gasteiger partial charge in [0, 0.05) is 40.1 Å². The molecule has 1 amide bonds. The average molecular weight is 265 g/mol. The van der Waals surface area contributed by atoms with Crippen LogP contribution in [-0.2, 0) is 23.1 Å². The van der Waals surface area contributed by atoms with Crippen LogP contribution in [0.25, 0.3) is 0 Å². The van der Waals surface area contributed by atoms with E-state index in [-0.39, 0.29) is 5.91 Å². The van der Waals surface area contributed by atoms with Gasteiger partial charge in [-0.15, -0.1) is 0 Å². The third-order valence-electron chi connectivity index (χ3n) is 3.92. The first-order valence-corrected chi connectivity index (χ1v) is 6.69. The topological polar surface area (TPSA) is 46.5 Å². The first kappa shape index (κ1) is 14.1. The van der Waals surface area contributed by atoms with Crippen molar-refractivity contribution in [3.63, 3.8) is 0 Å². The molecule has 1 fully saturated rings. The zero-order chi connectivity index (χ0) is 13.9. The Kier molecular flexibility index (Phi) is 4.27. The number of hydrogen-bond acceptors (Lipinski definition) is 3. The molecule has 1 N–H and O–H groups in total. The maximum absolute atomic E-state index is 12.3. The zero-order valence-electron chi connectivity index (χ0n) is 12.0. The summed E-state index contributed by atoms with van der Waals surface area (Å²) in [6.07, 6.45) is 6.01. The van der Waals surface area contributed by atoms with Crippen LogP contribution in [0, 0.1) is 0 Å². The first-order chi connectivity index (χ1) is 9.12. The molecule has 0 aliphatic carbocycles. The van der Waals surface area contributed by atoms with Crippen LogP contribution in [0.1, 0.15) is 18.4 Å². The summed E-state index contributed by atoms with van der Waals surface area (Å²) in [6, 6.07) is 2.10. The monoisotopic (exact) mass is 265 g/mol. The quantitative estimate of drug-likeness (QED) is 0.854. The van der Waals surface area contributed by atoms with Crippen LogP contribution in [0.5, 0.6) is 0 Å². The molecule has 5 heteroatoms. The number of likely N-dealkylation sites (tertiary alicyclic amines) is 1. The summed E-state index contributed by atoms with van der Waals surface area (Å²) in [6.45, 7) is 2.17. The number of nitrogens with zero attached hydrogens (tertiary/aromatic N) is 2. The molecule has 1 saturated heterocycles. The van der Waals surface area contributed by atoms with E-state index in [0.717, 1.165) is 25.9 Å². The number of nitrogens with one attached hydrogen (secondary N) is 1. The van der Waals surface area contributed by atoms with Crippen LogP contribution < -0.4 is 5.32 Å². The van der Waals surface area contributed by atoms with E-state index in [2.05, 4.69) is 22.5 Å². The van der Waals surface area contributed by atoms with Crippen LogP contribution >= 0.6 is 0 Å². The first-order valence-electron chi connectivity index (χ1n) is 6.69. The lowest BCUT2D eigenvalue weighted by molar-refractivity contribution is -0.135. The van der Waals surface area contributed by atoms with Crippen LogP contribution in [0.2, 0.25) is 0 Å². The third kappa shape index (κ3) is 2.67. The van der Waals surface area contributed by atoms with Crippen molar-refractivity contribution in [1.29, 1.82) is 0 Å². The number of likely N-dealkylation sites (N-methyl/N-ethyl adjacent to an activating group) is 1. The second-order valence-electron chi connectivity index (χ2n) is 5.25. The van der Waals surface area contributed by atoms with Gasteiger partial charge in [0.25, 0.3) is 0 Å². The molecule has 1 aromatic heterocycles. The fourth-order valence-electron chi connectivity index (χ4n) is 3.00. The Labute approximate surface area is 114 Å². The molecule has 0 saturated carbocycles. The Morgan fingerprint density at radius 2 is 2.37 bits per heavy atom. The summed E-state index contributed by atoms with van der Waals surface area (Å²) in [7, 11) is 5.36. The van der Waals surface area contributed by atoms with Crippen molar-refractivity contribution in [1.82, 2.24) is 14.8 Å². The number of hydrogen-bond donors (Lipinski definition) is 1. The zero-order valence-corrected chi connectivity index (χ0v) is 12.0. The van der Waals surface area contributed by atoms with Gasteiger partial charge in [0.05, 0.1) is 6.61 Å².